The summed E-state index contributed by atoms with van der Waals surface area (Å²) in [5, 5.41) is 17.1. The fourth-order valence-corrected chi connectivity index (χ4v) is 3.94. The molecule has 0 saturated carbocycles. The highest BCUT2D eigenvalue weighted by molar-refractivity contribution is 7.07. The van der Waals surface area contributed by atoms with E-state index in [9.17, 15) is 5.11 Å². The third kappa shape index (κ3) is 5.50. The van der Waals surface area contributed by atoms with Crippen LogP contribution in [-0.4, -0.2) is 42.9 Å². The molecule has 3 aromatic rings. The van der Waals surface area contributed by atoms with E-state index < -0.39 is 0 Å². The molecule has 32 heavy (non-hydrogen) atoms. The summed E-state index contributed by atoms with van der Waals surface area (Å²) < 4.78 is 18.3. The van der Waals surface area contributed by atoms with Crippen LogP contribution in [0.3, 0.4) is 0 Å². The van der Waals surface area contributed by atoms with E-state index in [1.165, 1.54) is 11.3 Å². The highest BCUT2D eigenvalue weighted by Gasteiger charge is 2.14. The Kier molecular flexibility index (Phi) is 7.94. The van der Waals surface area contributed by atoms with Gasteiger partial charge >= 0.3 is 0 Å². The van der Waals surface area contributed by atoms with Gasteiger partial charge in [-0.1, -0.05) is 6.92 Å². The Hall–Kier alpha value is -3.26. The quantitative estimate of drug-likeness (QED) is 0.465. The van der Waals surface area contributed by atoms with Crippen molar-refractivity contribution in [2.75, 3.05) is 20.8 Å². The molecule has 0 aliphatic heterocycles. The van der Waals surface area contributed by atoms with Crippen molar-refractivity contribution >= 4 is 17.6 Å². The SMILES string of the molecule is CCCOc1ccc(C=Nn2c(-c3cc(OC)ccc3OC)csc2=NC(C)C)c(O)c1. The molecule has 0 aliphatic carbocycles. The van der Waals surface area contributed by atoms with Gasteiger partial charge in [-0.05, 0) is 50.6 Å². The van der Waals surface area contributed by atoms with E-state index in [1.807, 2.05) is 50.4 Å². The van der Waals surface area contributed by atoms with Crippen molar-refractivity contribution in [1.29, 1.82) is 0 Å². The highest BCUT2D eigenvalue weighted by atomic mass is 32.1. The van der Waals surface area contributed by atoms with Crippen LogP contribution in [0.5, 0.6) is 23.0 Å². The molecule has 0 atom stereocenters. The molecule has 1 heterocycles. The molecule has 0 unspecified atom stereocenters. The van der Waals surface area contributed by atoms with Crippen molar-refractivity contribution in [2.24, 2.45) is 10.1 Å². The maximum absolute atomic E-state index is 10.4. The molecule has 1 N–H and O–H groups in total. The summed E-state index contributed by atoms with van der Waals surface area (Å²) in [6, 6.07) is 10.9. The minimum atomic E-state index is 0.0959. The highest BCUT2D eigenvalue weighted by Crippen LogP contribution is 2.34. The zero-order valence-corrected chi connectivity index (χ0v) is 19.8. The van der Waals surface area contributed by atoms with Crippen molar-refractivity contribution in [2.45, 2.75) is 33.2 Å². The Morgan fingerprint density at radius 3 is 2.53 bits per heavy atom. The first-order valence-electron chi connectivity index (χ1n) is 10.4. The number of nitrogens with zero attached hydrogens (tertiary/aromatic N) is 3. The lowest BCUT2D eigenvalue weighted by Gasteiger charge is -2.11. The number of aromatic nitrogens is 1. The number of methoxy groups -OCH3 is 2. The minimum absolute atomic E-state index is 0.0959. The van der Waals surface area contributed by atoms with Crippen molar-refractivity contribution in [3.8, 4) is 34.3 Å². The number of hydrogen-bond acceptors (Lipinski definition) is 7. The predicted octanol–water partition coefficient (Wildman–Crippen LogP) is 4.92. The number of ether oxygens (including phenoxy) is 3. The Labute approximate surface area is 192 Å². The molecule has 0 bridgehead atoms. The van der Waals surface area contributed by atoms with Crippen LogP contribution in [0.25, 0.3) is 11.3 Å². The number of hydrogen-bond donors (Lipinski definition) is 1. The molecule has 170 valence electrons. The third-order valence-corrected chi connectivity index (χ3v) is 5.35. The molecule has 2 aromatic carbocycles. The van der Waals surface area contributed by atoms with Crippen LogP contribution < -0.4 is 19.0 Å². The monoisotopic (exact) mass is 455 g/mol. The molecule has 8 heteroatoms. The fraction of sp³-hybridized carbons (Fsp3) is 0.333. The Balaban J connectivity index is 2.08. The second-order valence-electron chi connectivity index (χ2n) is 7.32. The lowest BCUT2D eigenvalue weighted by molar-refractivity contribution is 0.315. The maximum Gasteiger partial charge on any atom is 0.206 e. The van der Waals surface area contributed by atoms with Gasteiger partial charge in [-0.25, -0.2) is 4.68 Å². The molecule has 0 aliphatic rings. The first kappa shape index (κ1) is 23.4. The van der Waals surface area contributed by atoms with E-state index in [0.29, 0.717) is 29.4 Å². The van der Waals surface area contributed by atoms with Crippen molar-refractivity contribution < 1.29 is 19.3 Å². The average molecular weight is 456 g/mol. The Bertz CT molecular complexity index is 1150. The molecule has 7 nitrogen and oxygen atoms in total. The summed E-state index contributed by atoms with van der Waals surface area (Å²) in [5.74, 6) is 2.14. The second-order valence-corrected chi connectivity index (χ2v) is 8.15. The van der Waals surface area contributed by atoms with Gasteiger partial charge in [-0.15, -0.1) is 11.3 Å². The first-order chi connectivity index (χ1) is 15.5. The lowest BCUT2D eigenvalue weighted by Crippen LogP contribution is -2.14. The van der Waals surface area contributed by atoms with Crippen LogP contribution in [0.15, 0.2) is 51.9 Å². The molecule has 3 rings (SSSR count). The average Bonchev–Trinajstić information content (AvgIpc) is 3.17. The smallest absolute Gasteiger partial charge is 0.206 e. The standard InChI is InChI=1S/C24H29N3O4S/c1-6-11-31-19-8-7-17(22(28)13-19)14-25-27-21(15-32-24(27)26-16(2)3)20-12-18(29-4)9-10-23(20)30-5/h7-10,12-16,28H,6,11H2,1-5H3. The van der Waals surface area contributed by atoms with Gasteiger partial charge in [0.2, 0.25) is 4.80 Å². The maximum atomic E-state index is 10.4. The molecule has 0 fully saturated rings. The minimum Gasteiger partial charge on any atom is -0.507 e. The zero-order chi connectivity index (χ0) is 23.1. The largest absolute Gasteiger partial charge is 0.507 e. The fourth-order valence-electron chi connectivity index (χ4n) is 2.98. The normalized spacial score (nSPS) is 12.0. The van der Waals surface area contributed by atoms with Crippen molar-refractivity contribution in [1.82, 2.24) is 4.68 Å². The van der Waals surface area contributed by atoms with E-state index in [0.717, 1.165) is 22.5 Å². The van der Waals surface area contributed by atoms with Gasteiger partial charge in [-0.2, -0.15) is 5.10 Å². The number of phenols is 1. The summed E-state index contributed by atoms with van der Waals surface area (Å²) in [5.41, 5.74) is 2.22. The van der Waals surface area contributed by atoms with E-state index in [2.05, 4.69) is 5.10 Å². The molecule has 0 radical (unpaired) electrons. The van der Waals surface area contributed by atoms with Crippen LogP contribution in [0.4, 0.5) is 0 Å². The van der Waals surface area contributed by atoms with Gasteiger partial charge < -0.3 is 19.3 Å². The van der Waals surface area contributed by atoms with E-state index in [4.69, 9.17) is 19.2 Å². The van der Waals surface area contributed by atoms with Crippen LogP contribution in [0.1, 0.15) is 32.8 Å². The number of aromatic hydroxyl groups is 1. The second kappa shape index (κ2) is 10.9. The van der Waals surface area contributed by atoms with Gasteiger partial charge in [0.05, 0.1) is 32.7 Å². The zero-order valence-electron chi connectivity index (χ0n) is 19.0. The van der Waals surface area contributed by atoms with Gasteiger partial charge in [0, 0.05) is 28.6 Å². The van der Waals surface area contributed by atoms with Crippen LogP contribution >= 0.6 is 11.3 Å². The molecule has 1 aromatic heterocycles. The summed E-state index contributed by atoms with van der Waals surface area (Å²) in [4.78, 5) is 5.43. The van der Waals surface area contributed by atoms with Gasteiger partial charge in [0.1, 0.15) is 23.0 Å². The first-order valence-corrected chi connectivity index (χ1v) is 11.3. The lowest BCUT2D eigenvalue weighted by atomic mass is 10.1. The molecular weight excluding hydrogens is 426 g/mol. The van der Waals surface area contributed by atoms with E-state index >= 15 is 0 Å². The van der Waals surface area contributed by atoms with E-state index in [-0.39, 0.29) is 11.8 Å². The number of thiazole rings is 1. The predicted molar refractivity (Wildman–Crippen MR) is 128 cm³/mol. The van der Waals surface area contributed by atoms with Crippen molar-refractivity contribution in [3.05, 3.63) is 52.1 Å². The van der Waals surface area contributed by atoms with Crippen LogP contribution in [0.2, 0.25) is 0 Å². The summed E-state index contributed by atoms with van der Waals surface area (Å²) in [6.45, 7) is 6.66. The van der Waals surface area contributed by atoms with Crippen LogP contribution in [-0.2, 0) is 0 Å². The van der Waals surface area contributed by atoms with E-state index in [1.54, 1.807) is 37.2 Å². The molecule has 0 amide bonds. The number of benzene rings is 2. The number of rotatable bonds is 9. The van der Waals surface area contributed by atoms with Crippen LogP contribution in [0, 0.1) is 0 Å². The van der Waals surface area contributed by atoms with Crippen molar-refractivity contribution in [3.63, 3.8) is 0 Å². The number of phenolic OH excluding ortho intramolecular Hbond substituents is 1. The van der Waals surface area contributed by atoms with Gasteiger partial charge in [0.25, 0.3) is 0 Å². The topological polar surface area (TPSA) is 77.6 Å². The molecule has 0 saturated heterocycles. The summed E-state index contributed by atoms with van der Waals surface area (Å²) in [7, 11) is 3.26. The van der Waals surface area contributed by atoms with Gasteiger partial charge in [0.15, 0.2) is 0 Å². The summed E-state index contributed by atoms with van der Waals surface area (Å²) in [6.07, 6.45) is 2.51. The summed E-state index contributed by atoms with van der Waals surface area (Å²) >= 11 is 1.49. The Morgan fingerprint density at radius 1 is 1.09 bits per heavy atom. The Morgan fingerprint density at radius 2 is 1.88 bits per heavy atom. The van der Waals surface area contributed by atoms with Gasteiger partial charge in [-0.3, -0.25) is 4.99 Å². The third-order valence-electron chi connectivity index (χ3n) is 4.52. The molecule has 0 spiro atoms. The molecular formula is C24H29N3O4S.